The minimum Gasteiger partial charge on any atom is -0.481 e. The van der Waals surface area contributed by atoms with Gasteiger partial charge in [0.1, 0.15) is 0 Å². The second kappa shape index (κ2) is 5.97. The Balaban J connectivity index is 2.17. The summed E-state index contributed by atoms with van der Waals surface area (Å²) in [6.07, 6.45) is 1.40. The Morgan fingerprint density at radius 3 is 3.17 bits per heavy atom. The van der Waals surface area contributed by atoms with Crippen LogP contribution in [0.5, 0.6) is 0 Å². The van der Waals surface area contributed by atoms with Crippen molar-refractivity contribution < 1.29 is 19.4 Å². The second-order valence-corrected chi connectivity index (χ2v) is 4.28. The lowest BCUT2D eigenvalue weighted by molar-refractivity contribution is -0.136. The SMILES string of the molecule is COCCn1nc(CCC(=O)O)c2c1CCOC2. The Bertz CT molecular complexity index is 428. The second-order valence-electron chi connectivity index (χ2n) is 4.28. The Labute approximate surface area is 106 Å². The summed E-state index contributed by atoms with van der Waals surface area (Å²) in [6, 6.07) is 0. The lowest BCUT2D eigenvalue weighted by atomic mass is 10.1. The molecule has 0 amide bonds. The van der Waals surface area contributed by atoms with Crippen LogP contribution >= 0.6 is 0 Å². The highest BCUT2D eigenvalue weighted by Gasteiger charge is 2.21. The van der Waals surface area contributed by atoms with E-state index in [9.17, 15) is 4.79 Å². The van der Waals surface area contributed by atoms with Crippen LogP contribution in [0.2, 0.25) is 0 Å². The van der Waals surface area contributed by atoms with E-state index in [1.165, 1.54) is 5.69 Å². The third kappa shape index (κ3) is 2.88. The number of nitrogens with zero attached hydrogens (tertiary/aromatic N) is 2. The number of rotatable bonds is 6. The van der Waals surface area contributed by atoms with Crippen LogP contribution in [0.3, 0.4) is 0 Å². The quantitative estimate of drug-likeness (QED) is 0.805. The summed E-state index contributed by atoms with van der Waals surface area (Å²) < 4.78 is 12.4. The highest BCUT2D eigenvalue weighted by atomic mass is 16.5. The van der Waals surface area contributed by atoms with Crippen molar-refractivity contribution in [3.05, 3.63) is 17.0 Å². The van der Waals surface area contributed by atoms with Gasteiger partial charge in [-0.3, -0.25) is 9.48 Å². The molecule has 0 saturated carbocycles. The van der Waals surface area contributed by atoms with Gasteiger partial charge in [0, 0.05) is 31.2 Å². The summed E-state index contributed by atoms with van der Waals surface area (Å²) in [6.45, 7) is 2.54. The molecule has 18 heavy (non-hydrogen) atoms. The molecule has 0 fully saturated rings. The highest BCUT2D eigenvalue weighted by molar-refractivity contribution is 5.67. The fourth-order valence-corrected chi connectivity index (χ4v) is 2.17. The van der Waals surface area contributed by atoms with Crippen molar-refractivity contribution in [1.82, 2.24) is 9.78 Å². The molecule has 0 saturated heterocycles. The molecule has 0 atom stereocenters. The van der Waals surface area contributed by atoms with E-state index in [4.69, 9.17) is 14.6 Å². The molecule has 1 N–H and O–H groups in total. The van der Waals surface area contributed by atoms with E-state index < -0.39 is 5.97 Å². The predicted octanol–water partition coefficient (Wildman–Crippen LogP) is 0.619. The van der Waals surface area contributed by atoms with Crippen molar-refractivity contribution in [3.8, 4) is 0 Å². The molecule has 2 rings (SSSR count). The molecule has 100 valence electrons. The molecular weight excluding hydrogens is 236 g/mol. The maximum atomic E-state index is 10.6. The first kappa shape index (κ1) is 13.0. The van der Waals surface area contributed by atoms with Gasteiger partial charge in [-0.2, -0.15) is 5.10 Å². The summed E-state index contributed by atoms with van der Waals surface area (Å²) >= 11 is 0. The highest BCUT2D eigenvalue weighted by Crippen LogP contribution is 2.22. The van der Waals surface area contributed by atoms with Crippen molar-refractivity contribution in [1.29, 1.82) is 0 Å². The van der Waals surface area contributed by atoms with Gasteiger partial charge in [-0.05, 0) is 0 Å². The number of hydrogen-bond acceptors (Lipinski definition) is 4. The van der Waals surface area contributed by atoms with Gasteiger partial charge in [0.25, 0.3) is 0 Å². The Morgan fingerprint density at radius 1 is 1.61 bits per heavy atom. The fourth-order valence-electron chi connectivity index (χ4n) is 2.17. The van der Waals surface area contributed by atoms with Crippen LogP contribution in [0.4, 0.5) is 0 Å². The van der Waals surface area contributed by atoms with E-state index in [2.05, 4.69) is 5.10 Å². The van der Waals surface area contributed by atoms with Gasteiger partial charge in [0.05, 0.1) is 38.5 Å². The summed E-state index contributed by atoms with van der Waals surface area (Å²) in [4.78, 5) is 10.6. The molecule has 1 aromatic rings. The fraction of sp³-hybridized carbons (Fsp3) is 0.667. The van der Waals surface area contributed by atoms with Gasteiger partial charge in [0.2, 0.25) is 0 Å². The van der Waals surface area contributed by atoms with Gasteiger partial charge >= 0.3 is 5.97 Å². The molecule has 1 aliphatic heterocycles. The molecule has 1 aliphatic rings. The molecule has 0 unspecified atom stereocenters. The van der Waals surface area contributed by atoms with Crippen molar-refractivity contribution >= 4 is 5.97 Å². The standard InChI is InChI=1S/C12H18N2O4/c1-17-7-5-14-11-4-6-18-8-9(11)10(13-14)2-3-12(15)16/h2-8H2,1H3,(H,15,16). The maximum absolute atomic E-state index is 10.6. The van der Waals surface area contributed by atoms with Crippen molar-refractivity contribution in [2.24, 2.45) is 0 Å². The normalized spacial score (nSPS) is 14.5. The van der Waals surface area contributed by atoms with E-state index in [0.717, 1.165) is 17.7 Å². The van der Waals surface area contributed by atoms with Gasteiger partial charge in [-0.25, -0.2) is 0 Å². The lowest BCUT2D eigenvalue weighted by Crippen LogP contribution is -2.15. The zero-order chi connectivity index (χ0) is 13.0. The number of aromatic nitrogens is 2. The number of carboxylic acid groups (broad SMARTS) is 1. The molecule has 6 nitrogen and oxygen atoms in total. The minimum atomic E-state index is -0.799. The van der Waals surface area contributed by atoms with Crippen molar-refractivity contribution in [2.45, 2.75) is 32.4 Å². The number of hydrogen-bond donors (Lipinski definition) is 1. The molecule has 0 aliphatic carbocycles. The lowest BCUT2D eigenvalue weighted by Gasteiger charge is -2.14. The van der Waals surface area contributed by atoms with Crippen LogP contribution in [0.25, 0.3) is 0 Å². The molecular formula is C12H18N2O4. The number of aliphatic carboxylic acids is 1. The first-order chi connectivity index (χ1) is 8.72. The van der Waals surface area contributed by atoms with Gasteiger partial charge in [-0.1, -0.05) is 0 Å². The third-order valence-corrected chi connectivity index (χ3v) is 3.06. The average Bonchev–Trinajstić information content (AvgIpc) is 2.72. The molecule has 0 aromatic carbocycles. The van der Waals surface area contributed by atoms with E-state index in [0.29, 0.717) is 32.8 Å². The topological polar surface area (TPSA) is 73.6 Å². The first-order valence-corrected chi connectivity index (χ1v) is 6.08. The molecule has 0 spiro atoms. The average molecular weight is 254 g/mol. The Kier molecular flexibility index (Phi) is 4.33. The van der Waals surface area contributed by atoms with Gasteiger partial charge < -0.3 is 14.6 Å². The van der Waals surface area contributed by atoms with E-state index >= 15 is 0 Å². The number of carboxylic acids is 1. The largest absolute Gasteiger partial charge is 0.481 e. The predicted molar refractivity (Wildman–Crippen MR) is 63.4 cm³/mol. The monoisotopic (exact) mass is 254 g/mol. The molecule has 2 heterocycles. The smallest absolute Gasteiger partial charge is 0.303 e. The number of carbonyl (C=O) groups is 1. The summed E-state index contributed by atoms with van der Waals surface area (Å²) in [5, 5.41) is 13.2. The number of aryl methyl sites for hydroxylation is 1. The zero-order valence-electron chi connectivity index (χ0n) is 10.5. The zero-order valence-corrected chi connectivity index (χ0v) is 10.5. The maximum Gasteiger partial charge on any atom is 0.303 e. The minimum absolute atomic E-state index is 0.105. The summed E-state index contributed by atoms with van der Waals surface area (Å²) in [7, 11) is 1.66. The van der Waals surface area contributed by atoms with Crippen molar-refractivity contribution in [3.63, 3.8) is 0 Å². The van der Waals surface area contributed by atoms with Crippen LogP contribution in [0.15, 0.2) is 0 Å². The van der Waals surface area contributed by atoms with Gasteiger partial charge in [0.15, 0.2) is 0 Å². The summed E-state index contributed by atoms with van der Waals surface area (Å²) in [5.74, 6) is -0.799. The molecule has 6 heteroatoms. The third-order valence-electron chi connectivity index (χ3n) is 3.06. The number of fused-ring (bicyclic) bond motifs is 1. The van der Waals surface area contributed by atoms with E-state index in [1.54, 1.807) is 7.11 Å². The summed E-state index contributed by atoms with van der Waals surface area (Å²) in [5.41, 5.74) is 3.08. The number of ether oxygens (including phenoxy) is 2. The molecule has 1 aromatic heterocycles. The Morgan fingerprint density at radius 2 is 2.44 bits per heavy atom. The molecule has 0 radical (unpaired) electrons. The van der Waals surface area contributed by atoms with E-state index in [1.807, 2.05) is 4.68 Å². The van der Waals surface area contributed by atoms with Crippen LogP contribution in [0.1, 0.15) is 23.4 Å². The first-order valence-electron chi connectivity index (χ1n) is 6.08. The number of methoxy groups -OCH3 is 1. The van der Waals surface area contributed by atoms with Crippen molar-refractivity contribution in [2.75, 3.05) is 20.3 Å². The van der Waals surface area contributed by atoms with Crippen LogP contribution < -0.4 is 0 Å². The van der Waals surface area contributed by atoms with Crippen LogP contribution in [0, 0.1) is 0 Å². The van der Waals surface area contributed by atoms with E-state index in [-0.39, 0.29) is 6.42 Å². The Hall–Kier alpha value is -1.40. The van der Waals surface area contributed by atoms with Crippen LogP contribution in [-0.4, -0.2) is 41.2 Å². The van der Waals surface area contributed by atoms with Crippen LogP contribution in [-0.2, 0) is 40.3 Å². The molecule has 0 bridgehead atoms. The van der Waals surface area contributed by atoms with Gasteiger partial charge in [-0.15, -0.1) is 0 Å².